The zero-order valence-corrected chi connectivity index (χ0v) is 14.4. The Morgan fingerprint density at radius 3 is 2.68 bits per heavy atom. The van der Waals surface area contributed by atoms with Gasteiger partial charge in [0.15, 0.2) is 0 Å². The van der Waals surface area contributed by atoms with E-state index in [0.29, 0.717) is 24.7 Å². The minimum Gasteiger partial charge on any atom is -0.367 e. The van der Waals surface area contributed by atoms with Crippen LogP contribution in [0.15, 0.2) is 18.3 Å². The monoisotopic (exact) mass is 342 g/mol. The van der Waals surface area contributed by atoms with Crippen LogP contribution in [0.1, 0.15) is 13.8 Å². The van der Waals surface area contributed by atoms with Crippen molar-refractivity contribution in [3.8, 4) is 0 Å². The van der Waals surface area contributed by atoms with Gasteiger partial charge in [-0.25, -0.2) is 8.42 Å². The van der Waals surface area contributed by atoms with Gasteiger partial charge in [0.25, 0.3) is 0 Å². The molecule has 22 heavy (non-hydrogen) atoms. The van der Waals surface area contributed by atoms with Crippen molar-refractivity contribution in [2.24, 2.45) is 0 Å². The smallest absolute Gasteiger partial charge is 0.211 e. The number of hydrogen-bond acceptors (Lipinski definition) is 4. The predicted octanol–water partition coefficient (Wildman–Crippen LogP) is 2.08. The summed E-state index contributed by atoms with van der Waals surface area (Å²) in [5.41, 5.74) is 1.40. The Balaban J connectivity index is 1.99. The summed E-state index contributed by atoms with van der Waals surface area (Å²) in [5, 5.41) is 8.67. The van der Waals surface area contributed by atoms with Crippen molar-refractivity contribution >= 4 is 38.2 Å². The largest absolute Gasteiger partial charge is 0.367 e. The van der Waals surface area contributed by atoms with Gasteiger partial charge in [-0.3, -0.25) is 5.10 Å². The maximum absolute atomic E-state index is 11.9. The Morgan fingerprint density at radius 2 is 2.05 bits per heavy atom. The third kappa shape index (κ3) is 2.68. The third-order valence-corrected chi connectivity index (χ3v) is 5.76. The maximum Gasteiger partial charge on any atom is 0.211 e. The number of nitrogens with zero attached hydrogens (tertiary/aromatic N) is 3. The van der Waals surface area contributed by atoms with Crippen molar-refractivity contribution in [1.29, 1.82) is 0 Å². The van der Waals surface area contributed by atoms with E-state index in [1.165, 1.54) is 6.26 Å². The number of piperazine rings is 1. The van der Waals surface area contributed by atoms with Crippen LogP contribution in [0.5, 0.6) is 0 Å². The van der Waals surface area contributed by atoms with Crippen LogP contribution in [-0.4, -0.2) is 54.3 Å². The van der Waals surface area contributed by atoms with Crippen LogP contribution in [0.2, 0.25) is 5.02 Å². The molecule has 8 heteroatoms. The van der Waals surface area contributed by atoms with E-state index in [9.17, 15) is 8.42 Å². The summed E-state index contributed by atoms with van der Waals surface area (Å²) < 4.78 is 25.4. The van der Waals surface area contributed by atoms with Gasteiger partial charge in [-0.05, 0) is 26.0 Å². The Hall–Kier alpha value is -1.31. The first kappa shape index (κ1) is 15.6. The fourth-order valence-electron chi connectivity index (χ4n) is 3.21. The van der Waals surface area contributed by atoms with Crippen LogP contribution >= 0.6 is 11.6 Å². The van der Waals surface area contributed by atoms with Gasteiger partial charge < -0.3 is 4.90 Å². The minimum atomic E-state index is -3.22. The van der Waals surface area contributed by atoms with Crippen LogP contribution in [0, 0.1) is 0 Å². The molecule has 1 aliphatic heterocycles. The van der Waals surface area contributed by atoms with Crippen molar-refractivity contribution in [2.45, 2.75) is 19.4 Å². The van der Waals surface area contributed by atoms with Crippen LogP contribution in [-0.2, 0) is 10.0 Å². The number of H-pyrrole nitrogens is 1. The summed E-state index contributed by atoms with van der Waals surface area (Å²) in [7, 11) is -3.22. The van der Waals surface area contributed by atoms with Gasteiger partial charge in [0.2, 0.25) is 10.0 Å². The number of nitrogens with one attached hydrogen (secondary N) is 1. The number of aromatic nitrogens is 2. The summed E-state index contributed by atoms with van der Waals surface area (Å²) in [6, 6.07) is 3.76. The molecule has 3 rings (SSSR count). The van der Waals surface area contributed by atoms with Crippen molar-refractivity contribution in [3.05, 3.63) is 23.4 Å². The average Bonchev–Trinajstić information content (AvgIpc) is 2.82. The molecule has 0 bridgehead atoms. The Labute approximate surface area is 135 Å². The summed E-state index contributed by atoms with van der Waals surface area (Å²) in [6.45, 7) is 5.54. The highest BCUT2D eigenvalue weighted by molar-refractivity contribution is 7.88. The standard InChI is InChI=1S/C14H19ClN4O2S/c1-14(2)9-18(4-5-19(14)22(3,20)21)12-7-11(15)6-10-8-16-17-13(10)12/h6-8H,4-5,9H2,1-3H3,(H,16,17). The Kier molecular flexibility index (Phi) is 3.62. The number of halogens is 1. The number of benzene rings is 1. The molecule has 1 aromatic carbocycles. The molecule has 1 N–H and O–H groups in total. The molecule has 1 aromatic heterocycles. The number of sulfonamides is 1. The van der Waals surface area contributed by atoms with Crippen LogP contribution in [0.4, 0.5) is 5.69 Å². The summed E-state index contributed by atoms with van der Waals surface area (Å²) >= 11 is 6.20. The van der Waals surface area contributed by atoms with Crippen molar-refractivity contribution in [1.82, 2.24) is 14.5 Å². The van der Waals surface area contributed by atoms with Gasteiger partial charge >= 0.3 is 0 Å². The lowest BCUT2D eigenvalue weighted by molar-refractivity contribution is 0.206. The van der Waals surface area contributed by atoms with Gasteiger partial charge in [0.05, 0.1) is 23.7 Å². The average molecular weight is 343 g/mol. The lowest BCUT2D eigenvalue weighted by atomic mass is 10.0. The van der Waals surface area contributed by atoms with E-state index in [2.05, 4.69) is 15.1 Å². The van der Waals surface area contributed by atoms with E-state index in [1.807, 2.05) is 26.0 Å². The molecular weight excluding hydrogens is 324 g/mol. The second-order valence-electron chi connectivity index (χ2n) is 6.33. The Morgan fingerprint density at radius 1 is 1.32 bits per heavy atom. The molecule has 0 aliphatic carbocycles. The molecule has 0 amide bonds. The van der Waals surface area contributed by atoms with Crippen molar-refractivity contribution in [2.75, 3.05) is 30.8 Å². The van der Waals surface area contributed by atoms with Gasteiger partial charge in [-0.15, -0.1) is 0 Å². The minimum absolute atomic E-state index is 0.452. The number of anilines is 1. The summed E-state index contributed by atoms with van der Waals surface area (Å²) in [6.07, 6.45) is 3.00. The highest BCUT2D eigenvalue weighted by Crippen LogP contribution is 2.33. The molecule has 0 radical (unpaired) electrons. The Bertz CT molecular complexity index is 815. The van der Waals surface area contributed by atoms with E-state index in [0.717, 1.165) is 16.6 Å². The first-order valence-electron chi connectivity index (χ1n) is 7.04. The number of aromatic amines is 1. The lowest BCUT2D eigenvalue weighted by Gasteiger charge is -2.46. The second kappa shape index (κ2) is 5.11. The van der Waals surface area contributed by atoms with E-state index in [-0.39, 0.29) is 0 Å². The first-order valence-corrected chi connectivity index (χ1v) is 9.26. The lowest BCUT2D eigenvalue weighted by Crippen LogP contribution is -2.60. The van der Waals surface area contributed by atoms with Gasteiger partial charge in [-0.1, -0.05) is 11.6 Å². The molecule has 1 saturated heterocycles. The topological polar surface area (TPSA) is 69.3 Å². The molecule has 0 unspecified atom stereocenters. The molecular formula is C14H19ClN4O2S. The van der Waals surface area contributed by atoms with Gasteiger partial charge in [0.1, 0.15) is 0 Å². The molecule has 6 nitrogen and oxygen atoms in total. The first-order chi connectivity index (χ1) is 10.2. The van der Waals surface area contributed by atoms with E-state index >= 15 is 0 Å². The van der Waals surface area contributed by atoms with Crippen LogP contribution in [0.25, 0.3) is 10.9 Å². The number of hydrogen-bond donors (Lipinski definition) is 1. The fraction of sp³-hybridized carbons (Fsp3) is 0.500. The maximum atomic E-state index is 11.9. The van der Waals surface area contributed by atoms with Crippen molar-refractivity contribution in [3.63, 3.8) is 0 Å². The zero-order chi connectivity index (χ0) is 16.1. The predicted molar refractivity (Wildman–Crippen MR) is 88.9 cm³/mol. The van der Waals surface area contributed by atoms with Gasteiger partial charge in [-0.2, -0.15) is 9.40 Å². The van der Waals surface area contributed by atoms with E-state index in [4.69, 9.17) is 11.6 Å². The number of rotatable bonds is 2. The van der Waals surface area contributed by atoms with Gasteiger partial charge in [0, 0.05) is 35.6 Å². The molecule has 2 aromatic rings. The molecule has 0 spiro atoms. The normalized spacial score (nSPS) is 19.7. The van der Waals surface area contributed by atoms with Crippen LogP contribution in [0.3, 0.4) is 0 Å². The second-order valence-corrected chi connectivity index (χ2v) is 8.67. The zero-order valence-electron chi connectivity index (χ0n) is 12.8. The van der Waals surface area contributed by atoms with Crippen molar-refractivity contribution < 1.29 is 8.42 Å². The highest BCUT2D eigenvalue weighted by atomic mass is 35.5. The highest BCUT2D eigenvalue weighted by Gasteiger charge is 2.39. The molecule has 1 fully saturated rings. The number of fused-ring (bicyclic) bond motifs is 1. The summed E-state index contributed by atoms with van der Waals surface area (Å²) in [4.78, 5) is 2.16. The van der Waals surface area contributed by atoms with E-state index < -0.39 is 15.6 Å². The molecule has 2 heterocycles. The van der Waals surface area contributed by atoms with Crippen LogP contribution < -0.4 is 4.90 Å². The summed E-state index contributed by atoms with van der Waals surface area (Å²) in [5.74, 6) is 0. The SMILES string of the molecule is CC1(C)CN(c2cc(Cl)cc3cn[nH]c23)CCN1S(C)(=O)=O. The molecule has 0 saturated carbocycles. The molecule has 1 aliphatic rings. The van der Waals surface area contributed by atoms with E-state index in [1.54, 1.807) is 10.5 Å². The fourth-order valence-corrected chi connectivity index (χ4v) is 4.80. The quantitative estimate of drug-likeness (QED) is 0.907. The molecule has 0 atom stereocenters. The molecule has 120 valence electrons. The third-order valence-electron chi connectivity index (χ3n) is 4.06.